The molecule has 1 fully saturated rings. The first-order valence-corrected chi connectivity index (χ1v) is 10.1. The summed E-state index contributed by atoms with van der Waals surface area (Å²) >= 11 is 13.0. The van der Waals surface area contributed by atoms with E-state index in [0.717, 1.165) is 22.2 Å². The van der Waals surface area contributed by atoms with Crippen molar-refractivity contribution in [2.45, 2.75) is 6.54 Å². The number of methoxy groups -OCH3 is 1. The van der Waals surface area contributed by atoms with E-state index in [-0.39, 0.29) is 28.0 Å². The van der Waals surface area contributed by atoms with Crippen molar-refractivity contribution in [2.75, 3.05) is 13.7 Å². The van der Waals surface area contributed by atoms with Crippen LogP contribution in [0.25, 0.3) is 6.08 Å². The molecule has 0 aliphatic carbocycles. The van der Waals surface area contributed by atoms with Gasteiger partial charge < -0.3 is 14.6 Å². The van der Waals surface area contributed by atoms with Crippen molar-refractivity contribution in [1.82, 2.24) is 4.90 Å². The highest BCUT2D eigenvalue weighted by Gasteiger charge is 2.35. The average Bonchev–Trinajstić information content (AvgIpc) is 2.94. The van der Waals surface area contributed by atoms with Gasteiger partial charge in [-0.1, -0.05) is 35.3 Å². The SMILES string of the molecule is COc1cc(/C=C2\SC(=O)N(Cc3cccc(Cl)c3)C2=O)cc(Cl)c1OCC(=O)O. The Morgan fingerprint density at radius 1 is 1.23 bits per heavy atom. The van der Waals surface area contributed by atoms with Gasteiger partial charge in [0.25, 0.3) is 11.1 Å². The van der Waals surface area contributed by atoms with Gasteiger partial charge in [-0.2, -0.15) is 0 Å². The second-order valence-corrected chi connectivity index (χ2v) is 7.95. The van der Waals surface area contributed by atoms with E-state index >= 15 is 0 Å². The van der Waals surface area contributed by atoms with E-state index in [1.807, 2.05) is 0 Å². The van der Waals surface area contributed by atoms with Crippen LogP contribution in [0.2, 0.25) is 10.0 Å². The normalized spacial score (nSPS) is 15.0. The van der Waals surface area contributed by atoms with Crippen LogP contribution < -0.4 is 9.47 Å². The number of hydrogen-bond donors (Lipinski definition) is 1. The number of imide groups is 1. The Bertz CT molecular complexity index is 1060. The number of nitrogens with zero attached hydrogens (tertiary/aromatic N) is 1. The summed E-state index contributed by atoms with van der Waals surface area (Å²) in [6, 6.07) is 9.95. The fourth-order valence-electron chi connectivity index (χ4n) is 2.70. The summed E-state index contributed by atoms with van der Waals surface area (Å²) in [4.78, 5) is 37.1. The van der Waals surface area contributed by atoms with Crippen molar-refractivity contribution in [3.8, 4) is 11.5 Å². The molecule has 1 aliphatic heterocycles. The fourth-order valence-corrected chi connectivity index (χ4v) is 4.03. The van der Waals surface area contributed by atoms with Gasteiger partial charge in [0.15, 0.2) is 18.1 Å². The highest BCUT2D eigenvalue weighted by atomic mass is 35.5. The van der Waals surface area contributed by atoms with Gasteiger partial charge >= 0.3 is 5.97 Å². The molecule has 0 bridgehead atoms. The molecule has 0 aromatic heterocycles. The predicted octanol–water partition coefficient (Wildman–Crippen LogP) is 4.70. The van der Waals surface area contributed by atoms with E-state index in [1.54, 1.807) is 24.3 Å². The molecule has 7 nitrogen and oxygen atoms in total. The lowest BCUT2D eigenvalue weighted by atomic mass is 10.1. The second-order valence-electron chi connectivity index (χ2n) is 6.11. The molecule has 2 aromatic carbocycles. The Hall–Kier alpha value is -2.68. The minimum atomic E-state index is -1.16. The number of aliphatic carboxylic acids is 1. The molecule has 0 unspecified atom stereocenters. The third kappa shape index (κ3) is 5.08. The number of carboxylic acids is 1. The van der Waals surface area contributed by atoms with Crippen molar-refractivity contribution in [2.24, 2.45) is 0 Å². The molecule has 1 heterocycles. The van der Waals surface area contributed by atoms with E-state index in [1.165, 1.54) is 25.3 Å². The molecular weight excluding hydrogens is 453 g/mol. The third-order valence-corrected chi connectivity index (χ3v) is 5.42. The molecule has 0 spiro atoms. The lowest BCUT2D eigenvalue weighted by Crippen LogP contribution is -2.27. The highest BCUT2D eigenvalue weighted by Crippen LogP contribution is 2.39. The van der Waals surface area contributed by atoms with Crippen LogP contribution in [0.1, 0.15) is 11.1 Å². The molecule has 3 rings (SSSR count). The summed E-state index contributed by atoms with van der Waals surface area (Å²) in [5, 5.41) is 9.00. The minimum Gasteiger partial charge on any atom is -0.493 e. The van der Waals surface area contributed by atoms with Crippen molar-refractivity contribution in [3.05, 3.63) is 62.5 Å². The zero-order valence-electron chi connectivity index (χ0n) is 15.6. The molecule has 1 saturated heterocycles. The fraction of sp³-hybridized carbons (Fsp3) is 0.150. The molecule has 0 atom stereocenters. The van der Waals surface area contributed by atoms with Gasteiger partial charge in [-0.25, -0.2) is 4.79 Å². The maximum Gasteiger partial charge on any atom is 0.341 e. The zero-order valence-corrected chi connectivity index (χ0v) is 17.9. The smallest absolute Gasteiger partial charge is 0.341 e. The lowest BCUT2D eigenvalue weighted by molar-refractivity contribution is -0.139. The summed E-state index contributed by atoms with van der Waals surface area (Å²) in [5.41, 5.74) is 1.23. The average molecular weight is 468 g/mol. The Morgan fingerprint density at radius 2 is 2.00 bits per heavy atom. The summed E-state index contributed by atoms with van der Waals surface area (Å²) in [7, 11) is 1.38. The molecule has 2 aromatic rings. The molecule has 0 saturated carbocycles. The Morgan fingerprint density at radius 3 is 2.67 bits per heavy atom. The van der Waals surface area contributed by atoms with Crippen molar-refractivity contribution < 1.29 is 29.0 Å². The monoisotopic (exact) mass is 467 g/mol. The van der Waals surface area contributed by atoms with Crippen LogP contribution in [0.15, 0.2) is 41.3 Å². The third-order valence-electron chi connectivity index (χ3n) is 3.99. The Kier molecular flexibility index (Phi) is 6.91. The van der Waals surface area contributed by atoms with Gasteiger partial charge in [0.2, 0.25) is 0 Å². The van der Waals surface area contributed by atoms with Crippen LogP contribution in [0.5, 0.6) is 11.5 Å². The highest BCUT2D eigenvalue weighted by molar-refractivity contribution is 8.18. The number of benzene rings is 2. The summed E-state index contributed by atoms with van der Waals surface area (Å²) in [6.07, 6.45) is 1.51. The van der Waals surface area contributed by atoms with Gasteiger partial charge in [-0.3, -0.25) is 14.5 Å². The topological polar surface area (TPSA) is 93.1 Å². The maximum atomic E-state index is 12.7. The van der Waals surface area contributed by atoms with Crippen molar-refractivity contribution >= 4 is 58.2 Å². The number of carbonyl (C=O) groups excluding carboxylic acids is 2. The van der Waals surface area contributed by atoms with Gasteiger partial charge in [-0.15, -0.1) is 0 Å². The first kappa shape index (κ1) is 22.0. The molecule has 0 radical (unpaired) electrons. The number of rotatable bonds is 7. The van der Waals surface area contributed by atoms with Gasteiger partial charge in [0, 0.05) is 5.02 Å². The van der Waals surface area contributed by atoms with E-state index in [4.69, 9.17) is 37.8 Å². The van der Waals surface area contributed by atoms with Crippen LogP contribution in [0, 0.1) is 0 Å². The Labute approximate surface area is 186 Å². The number of amides is 2. The second kappa shape index (κ2) is 9.42. The molecule has 156 valence electrons. The van der Waals surface area contributed by atoms with Gasteiger partial charge in [0.05, 0.1) is 23.6 Å². The molecule has 10 heteroatoms. The lowest BCUT2D eigenvalue weighted by Gasteiger charge is -2.13. The van der Waals surface area contributed by atoms with E-state index in [0.29, 0.717) is 10.6 Å². The number of ether oxygens (including phenoxy) is 2. The summed E-state index contributed by atoms with van der Waals surface area (Å²) in [5.74, 6) is -1.32. The largest absolute Gasteiger partial charge is 0.493 e. The summed E-state index contributed by atoms with van der Waals surface area (Å²) in [6.45, 7) is -0.480. The van der Waals surface area contributed by atoms with Crippen LogP contribution in [-0.4, -0.2) is 40.8 Å². The predicted molar refractivity (Wildman–Crippen MR) is 114 cm³/mol. The maximum absolute atomic E-state index is 12.7. The number of carboxylic acid groups (broad SMARTS) is 1. The molecule has 1 N–H and O–H groups in total. The van der Waals surface area contributed by atoms with E-state index in [9.17, 15) is 14.4 Å². The van der Waals surface area contributed by atoms with Crippen LogP contribution in [0.3, 0.4) is 0 Å². The van der Waals surface area contributed by atoms with Crippen LogP contribution in [-0.2, 0) is 16.1 Å². The van der Waals surface area contributed by atoms with E-state index in [2.05, 4.69) is 0 Å². The van der Waals surface area contributed by atoms with Gasteiger partial charge in [-0.05, 0) is 53.2 Å². The first-order valence-electron chi connectivity index (χ1n) is 8.50. The first-order chi connectivity index (χ1) is 14.3. The Balaban J connectivity index is 1.84. The molecule has 30 heavy (non-hydrogen) atoms. The number of thioether (sulfide) groups is 1. The van der Waals surface area contributed by atoms with Crippen molar-refractivity contribution in [3.63, 3.8) is 0 Å². The number of hydrogen-bond acceptors (Lipinski definition) is 6. The number of carbonyl (C=O) groups is 3. The van der Waals surface area contributed by atoms with Crippen molar-refractivity contribution in [1.29, 1.82) is 0 Å². The quantitative estimate of drug-likeness (QED) is 0.589. The van der Waals surface area contributed by atoms with Crippen LogP contribution >= 0.6 is 35.0 Å². The molecular formula is C20H15Cl2NO6S. The van der Waals surface area contributed by atoms with E-state index < -0.39 is 23.7 Å². The minimum absolute atomic E-state index is 0.0766. The zero-order chi connectivity index (χ0) is 21.8. The molecule has 2 amide bonds. The number of halogens is 2. The van der Waals surface area contributed by atoms with Crippen LogP contribution in [0.4, 0.5) is 4.79 Å². The summed E-state index contributed by atoms with van der Waals surface area (Å²) < 4.78 is 10.4. The standard InChI is InChI=1S/C20H15Cl2NO6S/c1-28-15-7-12(6-14(22)18(15)29-10-17(24)25)8-16-19(26)23(20(27)30-16)9-11-3-2-4-13(21)5-11/h2-8H,9-10H2,1H3,(H,24,25)/b16-8-. The molecule has 1 aliphatic rings. The van der Waals surface area contributed by atoms with Gasteiger partial charge in [0.1, 0.15) is 0 Å².